The van der Waals surface area contributed by atoms with Crippen LogP contribution in [0.5, 0.6) is 11.5 Å². The zero-order chi connectivity index (χ0) is 19.1. The zero-order valence-electron chi connectivity index (χ0n) is 16.1. The van der Waals surface area contributed by atoms with Gasteiger partial charge in [-0.1, -0.05) is 13.0 Å². The van der Waals surface area contributed by atoms with E-state index < -0.39 is 0 Å². The predicted molar refractivity (Wildman–Crippen MR) is 105 cm³/mol. The molecule has 0 N–H and O–H groups in total. The average molecular weight is 363 g/mol. The van der Waals surface area contributed by atoms with Crippen molar-refractivity contribution in [2.75, 3.05) is 4.90 Å². The van der Waals surface area contributed by atoms with Gasteiger partial charge in [-0.3, -0.25) is 14.5 Å². The van der Waals surface area contributed by atoms with Crippen LogP contribution in [0.3, 0.4) is 0 Å². The SMILES string of the molecule is Cc1cc(C)cc(Oc2ccc(N3C(=O)[C@H]4CC[C@@H](C)C[C@H]4C3=O)cc2)c1. The highest BCUT2D eigenvalue weighted by atomic mass is 16.5. The summed E-state index contributed by atoms with van der Waals surface area (Å²) >= 11 is 0. The van der Waals surface area contributed by atoms with Crippen LogP contribution in [-0.2, 0) is 9.59 Å². The zero-order valence-corrected chi connectivity index (χ0v) is 16.1. The fourth-order valence-corrected chi connectivity index (χ4v) is 4.44. The molecule has 1 heterocycles. The maximum absolute atomic E-state index is 12.8. The molecular weight excluding hydrogens is 338 g/mol. The number of benzene rings is 2. The van der Waals surface area contributed by atoms with Crippen molar-refractivity contribution in [2.24, 2.45) is 17.8 Å². The van der Waals surface area contributed by atoms with Crippen LogP contribution < -0.4 is 9.64 Å². The van der Waals surface area contributed by atoms with Crippen LogP contribution >= 0.6 is 0 Å². The Balaban J connectivity index is 1.53. The van der Waals surface area contributed by atoms with E-state index in [2.05, 4.69) is 13.0 Å². The van der Waals surface area contributed by atoms with Crippen molar-refractivity contribution in [3.63, 3.8) is 0 Å². The molecule has 0 spiro atoms. The minimum Gasteiger partial charge on any atom is -0.457 e. The molecule has 3 atom stereocenters. The lowest BCUT2D eigenvalue weighted by atomic mass is 9.76. The van der Waals surface area contributed by atoms with Gasteiger partial charge in [0.1, 0.15) is 11.5 Å². The van der Waals surface area contributed by atoms with Crippen LogP contribution in [0.2, 0.25) is 0 Å². The van der Waals surface area contributed by atoms with Crippen molar-refractivity contribution in [1.82, 2.24) is 0 Å². The minimum absolute atomic E-state index is 0.0418. The Morgan fingerprint density at radius 3 is 2.15 bits per heavy atom. The summed E-state index contributed by atoms with van der Waals surface area (Å²) in [5.74, 6) is 1.62. The van der Waals surface area contributed by atoms with Gasteiger partial charge in [0.25, 0.3) is 0 Å². The first-order valence-corrected chi connectivity index (χ1v) is 9.66. The number of fused-ring (bicyclic) bond motifs is 1. The normalized spacial score (nSPS) is 24.9. The summed E-state index contributed by atoms with van der Waals surface area (Å²) in [6.45, 7) is 6.23. The molecule has 2 fully saturated rings. The molecule has 0 aromatic heterocycles. The van der Waals surface area contributed by atoms with E-state index >= 15 is 0 Å². The summed E-state index contributed by atoms with van der Waals surface area (Å²) < 4.78 is 5.93. The van der Waals surface area contributed by atoms with Crippen LogP contribution in [0.4, 0.5) is 5.69 Å². The molecule has 0 radical (unpaired) electrons. The molecule has 1 aliphatic heterocycles. The van der Waals surface area contributed by atoms with E-state index in [4.69, 9.17) is 4.74 Å². The van der Waals surface area contributed by atoms with Gasteiger partial charge in [0.2, 0.25) is 11.8 Å². The van der Waals surface area contributed by atoms with Gasteiger partial charge < -0.3 is 4.74 Å². The molecule has 4 nitrogen and oxygen atoms in total. The quantitative estimate of drug-likeness (QED) is 0.719. The van der Waals surface area contributed by atoms with Gasteiger partial charge in [0.15, 0.2) is 0 Å². The highest BCUT2D eigenvalue weighted by Crippen LogP contribution is 2.42. The molecule has 0 unspecified atom stereocenters. The molecule has 2 aliphatic rings. The number of aryl methyl sites for hydroxylation is 2. The number of amides is 2. The molecule has 1 aliphatic carbocycles. The van der Waals surface area contributed by atoms with Gasteiger partial charge in [-0.25, -0.2) is 0 Å². The van der Waals surface area contributed by atoms with Crippen molar-refractivity contribution >= 4 is 17.5 Å². The van der Waals surface area contributed by atoms with Crippen LogP contribution in [0.1, 0.15) is 37.3 Å². The average Bonchev–Trinajstić information content (AvgIpc) is 2.85. The van der Waals surface area contributed by atoms with Crippen LogP contribution in [0, 0.1) is 31.6 Å². The second-order valence-corrected chi connectivity index (χ2v) is 8.06. The smallest absolute Gasteiger partial charge is 0.237 e. The lowest BCUT2D eigenvalue weighted by Crippen LogP contribution is -2.30. The largest absolute Gasteiger partial charge is 0.457 e. The summed E-state index contributed by atoms with van der Waals surface area (Å²) in [6.07, 6.45) is 2.66. The number of anilines is 1. The number of imide groups is 1. The highest BCUT2D eigenvalue weighted by molar-refractivity contribution is 6.22. The van der Waals surface area contributed by atoms with Crippen molar-refractivity contribution in [3.05, 3.63) is 53.6 Å². The molecule has 0 bridgehead atoms. The van der Waals surface area contributed by atoms with E-state index in [0.717, 1.165) is 36.1 Å². The second-order valence-electron chi connectivity index (χ2n) is 8.06. The third-order valence-corrected chi connectivity index (χ3v) is 5.71. The van der Waals surface area contributed by atoms with Crippen molar-refractivity contribution < 1.29 is 14.3 Å². The van der Waals surface area contributed by atoms with Gasteiger partial charge >= 0.3 is 0 Å². The summed E-state index contributed by atoms with van der Waals surface area (Å²) in [4.78, 5) is 27.0. The van der Waals surface area contributed by atoms with E-state index in [1.807, 2.05) is 38.1 Å². The van der Waals surface area contributed by atoms with Crippen molar-refractivity contribution in [2.45, 2.75) is 40.0 Å². The Hall–Kier alpha value is -2.62. The predicted octanol–water partition coefficient (Wildman–Crippen LogP) is 5.02. The number of carbonyl (C=O) groups is 2. The van der Waals surface area contributed by atoms with Gasteiger partial charge in [-0.2, -0.15) is 0 Å². The monoisotopic (exact) mass is 363 g/mol. The Morgan fingerprint density at radius 1 is 0.852 bits per heavy atom. The van der Waals surface area contributed by atoms with Gasteiger partial charge in [-0.05, 0) is 86.6 Å². The second kappa shape index (κ2) is 6.84. The molecule has 2 aromatic carbocycles. The van der Waals surface area contributed by atoms with Crippen LogP contribution in [0.15, 0.2) is 42.5 Å². The third kappa shape index (κ3) is 3.36. The number of hydrogen-bond acceptors (Lipinski definition) is 3. The summed E-state index contributed by atoms with van der Waals surface area (Å²) in [5.41, 5.74) is 2.93. The maximum Gasteiger partial charge on any atom is 0.237 e. The summed E-state index contributed by atoms with van der Waals surface area (Å²) in [7, 11) is 0. The first kappa shape index (κ1) is 17.8. The van der Waals surface area contributed by atoms with Crippen LogP contribution in [0.25, 0.3) is 0 Å². The van der Waals surface area contributed by atoms with E-state index in [1.54, 1.807) is 12.1 Å². The topological polar surface area (TPSA) is 46.6 Å². The number of nitrogens with zero attached hydrogens (tertiary/aromatic N) is 1. The van der Waals surface area contributed by atoms with E-state index in [0.29, 0.717) is 17.4 Å². The van der Waals surface area contributed by atoms with E-state index in [9.17, 15) is 9.59 Å². The Morgan fingerprint density at radius 2 is 1.48 bits per heavy atom. The number of ether oxygens (including phenoxy) is 1. The van der Waals surface area contributed by atoms with Gasteiger partial charge in [0, 0.05) is 0 Å². The van der Waals surface area contributed by atoms with Crippen molar-refractivity contribution in [1.29, 1.82) is 0 Å². The molecule has 4 rings (SSSR count). The van der Waals surface area contributed by atoms with E-state index in [-0.39, 0.29) is 23.7 Å². The molecule has 1 saturated carbocycles. The first-order valence-electron chi connectivity index (χ1n) is 9.66. The molecule has 27 heavy (non-hydrogen) atoms. The number of rotatable bonds is 3. The molecular formula is C23H25NO3. The van der Waals surface area contributed by atoms with Gasteiger partial charge in [0.05, 0.1) is 17.5 Å². The minimum atomic E-state index is -0.146. The Kier molecular flexibility index (Phi) is 4.50. The maximum atomic E-state index is 12.8. The van der Waals surface area contributed by atoms with Crippen LogP contribution in [-0.4, -0.2) is 11.8 Å². The Bertz CT molecular complexity index is 867. The van der Waals surface area contributed by atoms with Crippen molar-refractivity contribution in [3.8, 4) is 11.5 Å². The number of hydrogen-bond donors (Lipinski definition) is 0. The lowest BCUT2D eigenvalue weighted by molar-refractivity contribution is -0.122. The lowest BCUT2D eigenvalue weighted by Gasteiger charge is -2.25. The molecule has 1 saturated heterocycles. The fraction of sp³-hybridized carbons (Fsp3) is 0.391. The first-order chi connectivity index (χ1) is 12.9. The fourth-order valence-electron chi connectivity index (χ4n) is 4.44. The Labute approximate surface area is 160 Å². The summed E-state index contributed by atoms with van der Waals surface area (Å²) in [5, 5.41) is 0. The molecule has 4 heteroatoms. The molecule has 140 valence electrons. The van der Waals surface area contributed by atoms with E-state index in [1.165, 1.54) is 4.90 Å². The molecule has 2 aromatic rings. The number of carbonyl (C=O) groups excluding carboxylic acids is 2. The molecule has 2 amide bonds. The highest BCUT2D eigenvalue weighted by Gasteiger charge is 2.49. The van der Waals surface area contributed by atoms with Gasteiger partial charge in [-0.15, -0.1) is 0 Å². The summed E-state index contributed by atoms with van der Waals surface area (Å²) in [6, 6.07) is 13.3. The standard InChI is InChI=1S/C23H25NO3/c1-14-4-9-20-21(13-14)23(26)24(22(20)25)17-5-7-18(8-6-17)27-19-11-15(2)10-16(3)12-19/h5-8,10-12,14,20-21H,4,9,13H2,1-3H3/t14-,20+,21-/m1/s1. The third-order valence-electron chi connectivity index (χ3n) is 5.71.